The van der Waals surface area contributed by atoms with Gasteiger partial charge >= 0.3 is 0 Å². The largest absolute Gasteiger partial charge is 0.397 e. The zero-order valence-electron chi connectivity index (χ0n) is 7.10. The first-order valence-electron chi connectivity index (χ1n) is 3.67. The molecule has 0 spiro atoms. The third-order valence-corrected chi connectivity index (χ3v) is 2.56. The van der Waals surface area contributed by atoms with Crippen LogP contribution < -0.4 is 11.1 Å². The van der Waals surface area contributed by atoms with Crippen molar-refractivity contribution in [3.63, 3.8) is 0 Å². The lowest BCUT2D eigenvalue weighted by Gasteiger charge is -2.06. The summed E-state index contributed by atoms with van der Waals surface area (Å²) in [6.45, 7) is 1.82. The van der Waals surface area contributed by atoms with Crippen LogP contribution >= 0.6 is 24.5 Å². The number of hydrogen-bond donors (Lipinski definition) is 2. The highest BCUT2D eigenvalue weighted by atomic mass is 79.9. The number of halogens is 1. The summed E-state index contributed by atoms with van der Waals surface area (Å²) in [4.78, 5) is 11.1. The van der Waals surface area contributed by atoms with Crippen LogP contribution in [0.15, 0.2) is 22.7 Å². The molecule has 1 aromatic rings. The Morgan fingerprint density at radius 3 is 2.85 bits per heavy atom. The molecule has 0 bridgehead atoms. The summed E-state index contributed by atoms with van der Waals surface area (Å²) in [5.74, 6) is 0. The molecule has 5 heteroatoms. The number of carbonyl (C=O) groups is 1. The van der Waals surface area contributed by atoms with E-state index in [2.05, 4.69) is 21.2 Å². The van der Waals surface area contributed by atoms with Gasteiger partial charge in [-0.1, -0.05) is 15.9 Å². The molecule has 0 fully saturated rings. The van der Waals surface area contributed by atoms with E-state index in [0.29, 0.717) is 11.4 Å². The van der Waals surface area contributed by atoms with Crippen molar-refractivity contribution in [3.8, 4) is 0 Å². The molecular weight excluding hydrogens is 251 g/mol. The smallest absolute Gasteiger partial charge is 0.242 e. The number of rotatable bonds is 2. The molecular formula is C8H10BrN2OP. The molecule has 0 saturated heterocycles. The van der Waals surface area contributed by atoms with Crippen LogP contribution in [-0.2, 0) is 0 Å². The molecule has 1 amide bonds. The van der Waals surface area contributed by atoms with Crippen molar-refractivity contribution in [1.29, 1.82) is 0 Å². The average Bonchev–Trinajstić information content (AvgIpc) is 2.09. The zero-order chi connectivity index (χ0) is 9.84. The Morgan fingerprint density at radius 2 is 2.31 bits per heavy atom. The van der Waals surface area contributed by atoms with Gasteiger partial charge < -0.3 is 11.1 Å². The molecule has 13 heavy (non-hydrogen) atoms. The van der Waals surface area contributed by atoms with Gasteiger partial charge in [0.2, 0.25) is 5.65 Å². The van der Waals surface area contributed by atoms with Gasteiger partial charge in [0.05, 0.1) is 11.4 Å². The molecule has 0 radical (unpaired) electrons. The third kappa shape index (κ3) is 2.98. The summed E-state index contributed by atoms with van der Waals surface area (Å²) in [5, 5.41) is 2.71. The molecule has 0 saturated carbocycles. The molecule has 0 aliphatic rings. The van der Waals surface area contributed by atoms with Crippen LogP contribution in [0.1, 0.15) is 0 Å². The second kappa shape index (κ2) is 4.58. The van der Waals surface area contributed by atoms with E-state index in [9.17, 15) is 4.79 Å². The summed E-state index contributed by atoms with van der Waals surface area (Å²) < 4.78 is 0.905. The molecule has 0 aliphatic heterocycles. The number of anilines is 2. The van der Waals surface area contributed by atoms with Crippen LogP contribution in [0.5, 0.6) is 0 Å². The van der Waals surface area contributed by atoms with Crippen LogP contribution in [0.2, 0.25) is 0 Å². The van der Waals surface area contributed by atoms with Gasteiger partial charge in [0.15, 0.2) is 0 Å². The lowest BCUT2D eigenvalue weighted by molar-refractivity contribution is 0.269. The lowest BCUT2D eigenvalue weighted by atomic mass is 10.3. The minimum atomic E-state index is -0.00553. The van der Waals surface area contributed by atoms with Crippen molar-refractivity contribution in [2.75, 3.05) is 17.7 Å². The maximum Gasteiger partial charge on any atom is 0.242 e. The number of amides is 1. The van der Waals surface area contributed by atoms with Crippen molar-refractivity contribution >= 4 is 41.5 Å². The normalized spacial score (nSPS) is 10.6. The highest BCUT2D eigenvalue weighted by molar-refractivity contribution is 9.10. The van der Waals surface area contributed by atoms with Crippen molar-refractivity contribution in [2.24, 2.45) is 0 Å². The Hall–Kier alpha value is -0.600. The predicted molar refractivity (Wildman–Crippen MR) is 61.8 cm³/mol. The van der Waals surface area contributed by atoms with Crippen molar-refractivity contribution in [3.05, 3.63) is 22.7 Å². The van der Waals surface area contributed by atoms with E-state index < -0.39 is 0 Å². The molecule has 70 valence electrons. The number of carbonyl (C=O) groups excluding carboxylic acids is 1. The molecule has 3 N–H and O–H groups in total. The van der Waals surface area contributed by atoms with Crippen LogP contribution in [0.4, 0.5) is 16.2 Å². The minimum absolute atomic E-state index is 0.00553. The Balaban J connectivity index is 2.83. The van der Waals surface area contributed by atoms with Crippen LogP contribution in [0.3, 0.4) is 0 Å². The van der Waals surface area contributed by atoms with E-state index in [1.54, 1.807) is 12.1 Å². The standard InChI is InChI=1S/C8H10BrN2OP/c1-13-8(12)11-7-3-2-5(9)4-6(7)10/h2-4,13H,10H2,1H3,(H,11,12). The van der Waals surface area contributed by atoms with Gasteiger partial charge in [-0.05, 0) is 33.4 Å². The minimum Gasteiger partial charge on any atom is -0.397 e. The fourth-order valence-electron chi connectivity index (χ4n) is 0.832. The van der Waals surface area contributed by atoms with Crippen molar-refractivity contribution < 1.29 is 4.79 Å². The predicted octanol–water partition coefficient (Wildman–Crippen LogP) is 2.87. The van der Waals surface area contributed by atoms with Gasteiger partial charge in [-0.2, -0.15) is 0 Å². The Morgan fingerprint density at radius 1 is 1.62 bits per heavy atom. The number of nitrogens with one attached hydrogen (secondary N) is 1. The van der Waals surface area contributed by atoms with Crippen LogP contribution in [0.25, 0.3) is 0 Å². The molecule has 0 heterocycles. The average molecular weight is 261 g/mol. The third-order valence-electron chi connectivity index (χ3n) is 1.49. The van der Waals surface area contributed by atoms with E-state index >= 15 is 0 Å². The summed E-state index contributed by atoms with van der Waals surface area (Å²) in [5.41, 5.74) is 6.92. The van der Waals surface area contributed by atoms with Gasteiger partial charge in [0.1, 0.15) is 0 Å². The summed E-state index contributed by atoms with van der Waals surface area (Å²) in [6.07, 6.45) is 0. The van der Waals surface area contributed by atoms with E-state index in [-0.39, 0.29) is 14.2 Å². The first-order valence-corrected chi connectivity index (χ1v) is 5.96. The highest BCUT2D eigenvalue weighted by Crippen LogP contribution is 2.24. The highest BCUT2D eigenvalue weighted by Gasteiger charge is 2.02. The molecule has 3 nitrogen and oxygen atoms in total. The summed E-state index contributed by atoms with van der Waals surface area (Å²) in [6, 6.07) is 5.37. The Kier molecular flexibility index (Phi) is 3.70. The van der Waals surface area contributed by atoms with E-state index in [4.69, 9.17) is 5.73 Å². The topological polar surface area (TPSA) is 55.1 Å². The monoisotopic (exact) mass is 260 g/mol. The second-order valence-corrected chi connectivity index (χ2v) is 4.31. The van der Waals surface area contributed by atoms with E-state index in [1.165, 1.54) is 0 Å². The van der Waals surface area contributed by atoms with Crippen molar-refractivity contribution in [1.82, 2.24) is 0 Å². The maximum atomic E-state index is 11.1. The number of hydrogen-bond acceptors (Lipinski definition) is 2. The van der Waals surface area contributed by atoms with Gasteiger partial charge in [-0.3, -0.25) is 4.79 Å². The molecule has 1 atom stereocenters. The van der Waals surface area contributed by atoms with E-state index in [1.807, 2.05) is 12.7 Å². The Bertz CT molecular complexity index is 330. The summed E-state index contributed by atoms with van der Waals surface area (Å²) >= 11 is 3.29. The van der Waals surface area contributed by atoms with Crippen LogP contribution in [0, 0.1) is 0 Å². The molecule has 1 unspecified atom stereocenters. The number of nitrogen functional groups attached to an aromatic ring is 1. The lowest BCUT2D eigenvalue weighted by Crippen LogP contribution is -2.05. The molecule has 1 aromatic carbocycles. The maximum absolute atomic E-state index is 11.1. The molecule has 0 aromatic heterocycles. The van der Waals surface area contributed by atoms with Crippen molar-refractivity contribution in [2.45, 2.75) is 0 Å². The number of benzene rings is 1. The number of nitrogens with two attached hydrogens (primary N) is 1. The van der Waals surface area contributed by atoms with E-state index in [0.717, 1.165) is 4.47 Å². The fraction of sp³-hybridized carbons (Fsp3) is 0.125. The first kappa shape index (κ1) is 10.5. The van der Waals surface area contributed by atoms with Crippen LogP contribution in [-0.4, -0.2) is 12.3 Å². The zero-order valence-corrected chi connectivity index (χ0v) is 9.68. The molecule has 1 rings (SSSR count). The Labute approximate surface area is 87.0 Å². The second-order valence-electron chi connectivity index (χ2n) is 2.44. The van der Waals surface area contributed by atoms with Gasteiger partial charge in [-0.15, -0.1) is 0 Å². The first-order chi connectivity index (χ1) is 6.13. The fourth-order valence-corrected chi connectivity index (χ4v) is 1.47. The SMILES string of the molecule is CPC(=O)Nc1ccc(Br)cc1N. The van der Waals surface area contributed by atoms with Gasteiger partial charge in [0.25, 0.3) is 0 Å². The molecule has 0 aliphatic carbocycles. The quantitative estimate of drug-likeness (QED) is 0.635. The summed E-state index contributed by atoms with van der Waals surface area (Å²) in [7, 11) is 0.233. The van der Waals surface area contributed by atoms with Gasteiger partial charge in [-0.25, -0.2) is 0 Å². The van der Waals surface area contributed by atoms with Gasteiger partial charge in [0, 0.05) is 4.47 Å².